The highest BCUT2D eigenvalue weighted by Gasteiger charge is 2.47. The molecule has 6 nitrogen and oxygen atoms in total. The molecule has 1 saturated carbocycles. The molecule has 2 rings (SSSR count). The molecule has 1 heterocycles. The number of amides is 2. The molecule has 2 unspecified atom stereocenters. The average Bonchev–Trinajstić information content (AvgIpc) is 3.38. The van der Waals surface area contributed by atoms with Crippen LogP contribution in [0.1, 0.15) is 65.7 Å². The van der Waals surface area contributed by atoms with Crippen molar-refractivity contribution >= 4 is 18.0 Å². The second-order valence-electron chi connectivity index (χ2n) is 8.66. The van der Waals surface area contributed by atoms with Crippen molar-refractivity contribution in [2.24, 2.45) is 23.7 Å². The topological polar surface area (TPSA) is 72.9 Å². The molecule has 2 fully saturated rings. The van der Waals surface area contributed by atoms with Gasteiger partial charge in [-0.05, 0) is 31.1 Å². The van der Waals surface area contributed by atoms with E-state index < -0.39 is 54.9 Å². The van der Waals surface area contributed by atoms with Crippen LogP contribution >= 0.6 is 0 Å². The summed E-state index contributed by atoms with van der Waals surface area (Å²) < 4.78 is 49.3. The molecule has 0 aromatic rings. The van der Waals surface area contributed by atoms with Crippen LogP contribution in [-0.4, -0.2) is 48.3 Å². The van der Waals surface area contributed by atoms with Gasteiger partial charge in [-0.3, -0.25) is 9.59 Å². The van der Waals surface area contributed by atoms with E-state index in [0.717, 1.165) is 24.2 Å². The number of unbranched alkanes of at least 4 members (excludes halogenated alkanes) is 1. The maximum Gasteiger partial charge on any atom is 0.416 e. The molecule has 1 saturated heterocycles. The van der Waals surface area contributed by atoms with Gasteiger partial charge in [-0.2, -0.15) is 13.2 Å². The summed E-state index contributed by atoms with van der Waals surface area (Å²) in [4.78, 5) is 39.2. The fourth-order valence-corrected chi connectivity index (χ4v) is 3.74. The summed E-state index contributed by atoms with van der Waals surface area (Å²) in [5, 5.41) is 0. The van der Waals surface area contributed by atoms with Gasteiger partial charge in [-0.15, -0.1) is 0 Å². The molecule has 3 atom stereocenters. The van der Waals surface area contributed by atoms with Crippen molar-refractivity contribution in [1.29, 1.82) is 0 Å². The Morgan fingerprint density at radius 3 is 2.43 bits per heavy atom. The lowest BCUT2D eigenvalue weighted by atomic mass is 9.82. The van der Waals surface area contributed by atoms with E-state index in [1.165, 1.54) is 0 Å². The molecule has 0 radical (unpaired) electrons. The third-order valence-corrected chi connectivity index (χ3v) is 5.78. The molecule has 172 valence electrons. The zero-order valence-electron chi connectivity index (χ0n) is 17.9. The van der Waals surface area contributed by atoms with Gasteiger partial charge in [-0.1, -0.05) is 40.0 Å². The number of carbonyl (C=O) groups excluding carboxylic acids is 3. The highest BCUT2D eigenvalue weighted by molar-refractivity contribution is 5.96. The summed E-state index contributed by atoms with van der Waals surface area (Å²) in [6, 6.07) is -0.559. The molecule has 0 aromatic heterocycles. The van der Waals surface area contributed by atoms with Gasteiger partial charge in [0.25, 0.3) is 0 Å². The van der Waals surface area contributed by atoms with Crippen LogP contribution in [0.15, 0.2) is 0 Å². The van der Waals surface area contributed by atoms with Gasteiger partial charge in [0, 0.05) is 6.42 Å². The Morgan fingerprint density at radius 1 is 1.23 bits per heavy atom. The van der Waals surface area contributed by atoms with Crippen molar-refractivity contribution < 1.29 is 37.0 Å². The van der Waals surface area contributed by atoms with Crippen LogP contribution in [0, 0.1) is 23.7 Å². The van der Waals surface area contributed by atoms with Crippen molar-refractivity contribution in [3.8, 4) is 0 Å². The molecule has 0 aromatic carbocycles. The lowest BCUT2D eigenvalue weighted by Gasteiger charge is -2.31. The molecule has 0 N–H and O–H groups in total. The highest BCUT2D eigenvalue weighted by Crippen LogP contribution is 2.41. The van der Waals surface area contributed by atoms with E-state index in [0.29, 0.717) is 12.8 Å². The molecule has 0 bridgehead atoms. The molecular formula is C21H32F3NO5. The standard InChI is InChI=1S/C21H32F3NO5/c1-4-5-10-29-19(27)16(11-14-6-7-14)15(8-9-21(22,23)24)18(26)25-17(13(2)3)12-30-20(25)28/h13-17H,4-12H2,1-3H3/t15?,16?,17-/m1/s1. The highest BCUT2D eigenvalue weighted by atomic mass is 19.4. The van der Waals surface area contributed by atoms with Crippen LogP contribution in [0.4, 0.5) is 18.0 Å². The van der Waals surface area contributed by atoms with Gasteiger partial charge in [0.15, 0.2) is 0 Å². The van der Waals surface area contributed by atoms with Crippen LogP contribution in [0.3, 0.4) is 0 Å². The summed E-state index contributed by atoms with van der Waals surface area (Å²) in [5.41, 5.74) is 0. The number of carbonyl (C=O) groups is 3. The number of nitrogens with zero attached hydrogens (tertiary/aromatic N) is 1. The van der Waals surface area contributed by atoms with Crippen molar-refractivity contribution in [2.75, 3.05) is 13.2 Å². The number of ether oxygens (including phenoxy) is 2. The first-order chi connectivity index (χ1) is 14.0. The Labute approximate surface area is 175 Å². The van der Waals surface area contributed by atoms with Gasteiger partial charge in [0.2, 0.25) is 5.91 Å². The summed E-state index contributed by atoms with van der Waals surface area (Å²) in [5.74, 6) is -3.61. The zero-order valence-corrected chi connectivity index (χ0v) is 17.9. The van der Waals surface area contributed by atoms with Gasteiger partial charge >= 0.3 is 18.2 Å². The molecule has 2 aliphatic rings. The lowest BCUT2D eigenvalue weighted by molar-refractivity contribution is -0.160. The van der Waals surface area contributed by atoms with E-state index in [9.17, 15) is 27.6 Å². The number of rotatable bonds is 11. The number of hydrogen-bond donors (Lipinski definition) is 0. The van der Waals surface area contributed by atoms with Crippen molar-refractivity contribution in [3.05, 3.63) is 0 Å². The second kappa shape index (κ2) is 10.5. The Morgan fingerprint density at radius 2 is 1.90 bits per heavy atom. The molecular weight excluding hydrogens is 403 g/mol. The number of halogens is 3. The minimum atomic E-state index is -4.47. The lowest BCUT2D eigenvalue weighted by Crippen LogP contribution is -2.48. The molecule has 1 aliphatic carbocycles. The molecule has 30 heavy (non-hydrogen) atoms. The molecule has 1 aliphatic heterocycles. The summed E-state index contributed by atoms with van der Waals surface area (Å²) >= 11 is 0. The quantitative estimate of drug-likeness (QED) is 0.347. The Bertz CT molecular complexity index is 618. The van der Waals surface area contributed by atoms with E-state index in [1.54, 1.807) is 13.8 Å². The molecule has 0 spiro atoms. The van der Waals surface area contributed by atoms with E-state index in [2.05, 4.69) is 0 Å². The van der Waals surface area contributed by atoms with Gasteiger partial charge in [0.05, 0.1) is 24.5 Å². The van der Waals surface area contributed by atoms with Crippen LogP contribution in [0.5, 0.6) is 0 Å². The predicted molar refractivity (Wildman–Crippen MR) is 102 cm³/mol. The third kappa shape index (κ3) is 6.87. The predicted octanol–water partition coefficient (Wildman–Crippen LogP) is 4.71. The first-order valence-electron chi connectivity index (χ1n) is 10.8. The zero-order chi connectivity index (χ0) is 22.5. The molecule has 2 amide bonds. The fourth-order valence-electron chi connectivity index (χ4n) is 3.74. The number of cyclic esters (lactones) is 1. The monoisotopic (exact) mass is 435 g/mol. The van der Waals surface area contributed by atoms with Crippen molar-refractivity contribution in [3.63, 3.8) is 0 Å². The normalized spacial score (nSPS) is 21.5. The summed E-state index contributed by atoms with van der Waals surface area (Å²) in [6.45, 7) is 5.70. The maximum absolute atomic E-state index is 13.3. The van der Waals surface area contributed by atoms with E-state index in [4.69, 9.17) is 9.47 Å². The number of hydrogen-bond acceptors (Lipinski definition) is 5. The summed E-state index contributed by atoms with van der Waals surface area (Å²) in [6.07, 6.45) is -3.62. The van der Waals surface area contributed by atoms with Gasteiger partial charge in [0.1, 0.15) is 6.61 Å². The van der Waals surface area contributed by atoms with Gasteiger partial charge in [-0.25, -0.2) is 9.69 Å². The Balaban J connectivity index is 2.28. The number of alkyl halides is 3. The third-order valence-electron chi connectivity index (χ3n) is 5.78. The second-order valence-corrected chi connectivity index (χ2v) is 8.66. The Hall–Kier alpha value is -1.80. The maximum atomic E-state index is 13.3. The van der Waals surface area contributed by atoms with E-state index in [-0.39, 0.29) is 25.0 Å². The van der Waals surface area contributed by atoms with E-state index in [1.807, 2.05) is 6.92 Å². The van der Waals surface area contributed by atoms with Crippen LogP contribution in [0.2, 0.25) is 0 Å². The van der Waals surface area contributed by atoms with Crippen LogP contribution in [-0.2, 0) is 19.1 Å². The SMILES string of the molecule is CCCCOC(=O)C(CC1CC1)C(CCC(F)(F)F)C(=O)N1C(=O)OC[C@@H]1C(C)C. The van der Waals surface area contributed by atoms with Crippen LogP contribution in [0.25, 0.3) is 0 Å². The number of esters is 1. The molecule has 9 heteroatoms. The minimum absolute atomic E-state index is 0.00245. The fraction of sp³-hybridized carbons (Fsp3) is 0.857. The largest absolute Gasteiger partial charge is 0.465 e. The number of imide groups is 1. The van der Waals surface area contributed by atoms with Crippen LogP contribution < -0.4 is 0 Å². The minimum Gasteiger partial charge on any atom is -0.465 e. The Kier molecular flexibility index (Phi) is 8.55. The van der Waals surface area contributed by atoms with E-state index >= 15 is 0 Å². The summed E-state index contributed by atoms with van der Waals surface area (Å²) in [7, 11) is 0. The smallest absolute Gasteiger partial charge is 0.416 e. The average molecular weight is 435 g/mol. The van der Waals surface area contributed by atoms with Crippen molar-refractivity contribution in [2.45, 2.75) is 77.9 Å². The van der Waals surface area contributed by atoms with Crippen molar-refractivity contribution in [1.82, 2.24) is 4.90 Å². The van der Waals surface area contributed by atoms with Gasteiger partial charge < -0.3 is 9.47 Å². The first kappa shape index (κ1) is 24.5. The first-order valence-corrected chi connectivity index (χ1v) is 10.8.